The Morgan fingerprint density at radius 3 is 2.60 bits per heavy atom. The lowest BCUT2D eigenvalue weighted by Crippen LogP contribution is -2.48. The lowest BCUT2D eigenvalue weighted by atomic mass is 10.00. The van der Waals surface area contributed by atoms with Gasteiger partial charge in [-0.05, 0) is 50.7 Å². The van der Waals surface area contributed by atoms with E-state index in [2.05, 4.69) is 10.6 Å². The molecule has 1 atom stereocenters. The maximum Gasteiger partial charge on any atom is 0.338 e. The Hall–Kier alpha value is -3.20. The van der Waals surface area contributed by atoms with E-state index in [-0.39, 0.29) is 25.3 Å². The van der Waals surface area contributed by atoms with Crippen LogP contribution in [0.25, 0.3) is 0 Å². The van der Waals surface area contributed by atoms with Gasteiger partial charge in [-0.25, -0.2) is 18.4 Å². The van der Waals surface area contributed by atoms with Crippen LogP contribution in [-0.2, 0) is 16.1 Å². The third-order valence-electron chi connectivity index (χ3n) is 4.56. The highest BCUT2D eigenvalue weighted by molar-refractivity contribution is 5.95. The molecule has 0 saturated heterocycles. The van der Waals surface area contributed by atoms with Crippen molar-refractivity contribution in [2.75, 3.05) is 20.2 Å². The average Bonchev–Trinajstić information content (AvgIpc) is 3.10. The number of nitrogens with one attached hydrogen (secondary N) is 2. The van der Waals surface area contributed by atoms with Gasteiger partial charge in [0.05, 0.1) is 12.2 Å². The Morgan fingerprint density at radius 1 is 1.20 bits per heavy atom. The van der Waals surface area contributed by atoms with E-state index in [1.807, 2.05) is 0 Å². The van der Waals surface area contributed by atoms with Crippen LogP contribution in [0.3, 0.4) is 0 Å². The topological polar surface area (TPSA) is 83.8 Å². The second-order valence-corrected chi connectivity index (χ2v) is 7.01. The largest absolute Gasteiger partial charge is 0.464 e. The van der Waals surface area contributed by atoms with Crippen molar-refractivity contribution >= 4 is 12.0 Å². The molecular weight excluding hydrogens is 396 g/mol. The monoisotopic (exact) mass is 419 g/mol. The van der Waals surface area contributed by atoms with E-state index in [4.69, 9.17) is 9.15 Å². The molecule has 1 aromatic heterocycles. The molecule has 7 nitrogen and oxygen atoms in total. The quantitative estimate of drug-likeness (QED) is 0.674. The van der Waals surface area contributed by atoms with Gasteiger partial charge in [0.15, 0.2) is 11.6 Å². The number of likely N-dealkylation sites (N-methyl/N-ethyl adjacent to an activating group) is 1. The second-order valence-electron chi connectivity index (χ2n) is 7.01. The van der Waals surface area contributed by atoms with Gasteiger partial charge in [-0.3, -0.25) is 4.90 Å². The first-order valence-electron chi connectivity index (χ1n) is 9.45. The summed E-state index contributed by atoms with van der Waals surface area (Å²) in [5, 5.41) is 5.35. The molecule has 0 radical (unpaired) electrons. The van der Waals surface area contributed by atoms with Gasteiger partial charge in [0.1, 0.15) is 17.6 Å². The second kappa shape index (κ2) is 9.08. The minimum atomic E-state index is -0.934. The summed E-state index contributed by atoms with van der Waals surface area (Å²) in [4.78, 5) is 26.7. The summed E-state index contributed by atoms with van der Waals surface area (Å²) in [5.41, 5.74) is 1.12. The zero-order valence-corrected chi connectivity index (χ0v) is 16.9. The molecule has 0 fully saturated rings. The van der Waals surface area contributed by atoms with Crippen molar-refractivity contribution in [2.45, 2.75) is 26.4 Å². The molecule has 0 unspecified atom stereocenters. The van der Waals surface area contributed by atoms with Gasteiger partial charge in [0.2, 0.25) is 0 Å². The van der Waals surface area contributed by atoms with Crippen molar-refractivity contribution in [2.24, 2.45) is 0 Å². The Morgan fingerprint density at radius 2 is 1.97 bits per heavy atom. The summed E-state index contributed by atoms with van der Waals surface area (Å²) >= 11 is 0. The lowest BCUT2D eigenvalue weighted by molar-refractivity contribution is -0.139. The number of ether oxygens (including phenoxy) is 1. The smallest absolute Gasteiger partial charge is 0.338 e. The van der Waals surface area contributed by atoms with Crippen molar-refractivity contribution in [3.63, 3.8) is 0 Å². The van der Waals surface area contributed by atoms with Gasteiger partial charge < -0.3 is 19.8 Å². The molecule has 1 aliphatic rings. The number of hydrogen-bond donors (Lipinski definition) is 2. The third kappa shape index (κ3) is 4.85. The number of hydrogen-bond acceptors (Lipinski definition) is 5. The summed E-state index contributed by atoms with van der Waals surface area (Å²) in [6, 6.07) is 5.78. The fourth-order valence-electron chi connectivity index (χ4n) is 3.29. The van der Waals surface area contributed by atoms with Gasteiger partial charge in [-0.1, -0.05) is 6.07 Å². The summed E-state index contributed by atoms with van der Waals surface area (Å²) in [6.07, 6.45) is 0. The maximum absolute atomic E-state index is 13.5. The summed E-state index contributed by atoms with van der Waals surface area (Å²) in [6.45, 7) is 4.05. The summed E-state index contributed by atoms with van der Waals surface area (Å²) < 4.78 is 37.5. The van der Waals surface area contributed by atoms with Crippen LogP contribution in [0, 0.1) is 18.6 Å². The van der Waals surface area contributed by atoms with Crippen LogP contribution in [0.2, 0.25) is 0 Å². The first-order valence-corrected chi connectivity index (χ1v) is 9.45. The van der Waals surface area contributed by atoms with E-state index in [9.17, 15) is 18.4 Å². The number of furan rings is 1. The van der Waals surface area contributed by atoms with E-state index >= 15 is 0 Å². The number of nitrogens with zero attached hydrogens (tertiary/aromatic N) is 1. The molecule has 2 aromatic rings. The maximum atomic E-state index is 13.5. The minimum absolute atomic E-state index is 0.163. The molecule has 0 saturated carbocycles. The Labute approximate surface area is 172 Å². The SMILES string of the molecule is CCOC(=O)C1=C(CN(C)Cc2ccc(F)c(F)c2)NC(=O)N[C@@H]1c1ccc(C)o1. The predicted molar refractivity (Wildman–Crippen MR) is 104 cm³/mol. The van der Waals surface area contributed by atoms with Crippen LogP contribution >= 0.6 is 0 Å². The Bertz CT molecular complexity index is 986. The fraction of sp³-hybridized carbons (Fsp3) is 0.333. The zero-order chi connectivity index (χ0) is 21.8. The van der Waals surface area contributed by atoms with Gasteiger partial charge in [-0.15, -0.1) is 0 Å². The number of carbonyl (C=O) groups excluding carboxylic acids is 2. The van der Waals surface area contributed by atoms with Crippen LogP contribution in [0.4, 0.5) is 13.6 Å². The van der Waals surface area contributed by atoms with Crippen LogP contribution < -0.4 is 10.6 Å². The van der Waals surface area contributed by atoms with Crippen LogP contribution in [0.1, 0.15) is 30.0 Å². The number of benzene rings is 1. The van der Waals surface area contributed by atoms with Crippen LogP contribution in [-0.4, -0.2) is 37.1 Å². The minimum Gasteiger partial charge on any atom is -0.464 e. The number of urea groups is 1. The van der Waals surface area contributed by atoms with Gasteiger partial charge in [0, 0.05) is 18.8 Å². The molecule has 9 heteroatoms. The zero-order valence-electron chi connectivity index (χ0n) is 16.9. The van der Waals surface area contributed by atoms with E-state index in [0.717, 1.165) is 12.1 Å². The number of halogens is 2. The van der Waals surface area contributed by atoms with E-state index in [1.165, 1.54) is 6.07 Å². The van der Waals surface area contributed by atoms with Gasteiger partial charge >= 0.3 is 12.0 Å². The standard InChI is InChI=1S/C21H23F2N3O4/c1-4-29-20(27)18-16(11-26(3)10-13-6-7-14(22)15(23)9-13)24-21(28)25-19(18)17-8-5-12(2)30-17/h5-9,19H,4,10-11H2,1-3H3,(H2,24,25,28)/t19-/m1/s1. The summed E-state index contributed by atoms with van der Waals surface area (Å²) in [5.74, 6) is -1.39. The van der Waals surface area contributed by atoms with Crippen LogP contribution in [0.5, 0.6) is 0 Å². The molecule has 30 heavy (non-hydrogen) atoms. The van der Waals surface area contributed by atoms with Crippen molar-refractivity contribution in [3.8, 4) is 0 Å². The molecular formula is C21H23F2N3O4. The molecule has 0 spiro atoms. The number of aryl methyl sites for hydroxylation is 1. The summed E-state index contributed by atoms with van der Waals surface area (Å²) in [7, 11) is 1.73. The normalized spacial score (nSPS) is 16.5. The first kappa shape index (κ1) is 21.5. The number of amides is 2. The number of carbonyl (C=O) groups is 2. The van der Waals surface area contributed by atoms with Crippen molar-refractivity contribution < 1.29 is 27.5 Å². The average molecular weight is 419 g/mol. The van der Waals surface area contributed by atoms with E-state index in [1.54, 1.807) is 37.9 Å². The van der Waals surface area contributed by atoms with Gasteiger partial charge in [0.25, 0.3) is 0 Å². The van der Waals surface area contributed by atoms with Crippen LogP contribution in [0.15, 0.2) is 46.0 Å². The fourth-order valence-corrected chi connectivity index (χ4v) is 3.29. The third-order valence-corrected chi connectivity index (χ3v) is 4.56. The lowest BCUT2D eigenvalue weighted by Gasteiger charge is -2.30. The molecule has 3 rings (SSSR count). The van der Waals surface area contributed by atoms with Crippen molar-refractivity contribution in [1.82, 2.24) is 15.5 Å². The highest BCUT2D eigenvalue weighted by atomic mass is 19.2. The molecule has 1 aromatic carbocycles. The van der Waals surface area contributed by atoms with Gasteiger partial charge in [-0.2, -0.15) is 0 Å². The number of esters is 1. The Kier molecular flexibility index (Phi) is 6.51. The highest BCUT2D eigenvalue weighted by Gasteiger charge is 2.35. The molecule has 0 aliphatic carbocycles. The van der Waals surface area contributed by atoms with Crippen molar-refractivity contribution in [3.05, 3.63) is 70.3 Å². The Balaban J connectivity index is 1.90. The highest BCUT2D eigenvalue weighted by Crippen LogP contribution is 2.29. The molecule has 2 amide bonds. The van der Waals surface area contributed by atoms with Crippen molar-refractivity contribution in [1.29, 1.82) is 0 Å². The molecule has 160 valence electrons. The molecule has 0 bridgehead atoms. The van der Waals surface area contributed by atoms with E-state index < -0.39 is 29.7 Å². The van der Waals surface area contributed by atoms with E-state index in [0.29, 0.717) is 22.8 Å². The predicted octanol–water partition coefficient (Wildman–Crippen LogP) is 3.17. The number of rotatable bonds is 7. The molecule has 2 heterocycles. The molecule has 1 aliphatic heterocycles. The molecule has 2 N–H and O–H groups in total. The first-order chi connectivity index (χ1) is 14.3.